The van der Waals surface area contributed by atoms with E-state index in [-0.39, 0.29) is 12.5 Å². The van der Waals surface area contributed by atoms with Gasteiger partial charge in [-0.05, 0) is 60.7 Å². The van der Waals surface area contributed by atoms with Gasteiger partial charge in [0.15, 0.2) is 0 Å². The van der Waals surface area contributed by atoms with Crippen LogP contribution in [0, 0.1) is 11.3 Å². The number of carbonyl (C=O) groups excluding carboxylic acids is 1. The van der Waals surface area contributed by atoms with Crippen molar-refractivity contribution >= 4 is 17.3 Å². The number of nitrogens with zero attached hydrogens (tertiary/aromatic N) is 1. The number of para-hydroxylation sites is 1. The van der Waals surface area contributed by atoms with Gasteiger partial charge < -0.3 is 15.4 Å². The van der Waals surface area contributed by atoms with Gasteiger partial charge in [0.25, 0.3) is 0 Å². The Balaban J connectivity index is 1.49. The third kappa shape index (κ3) is 4.86. The van der Waals surface area contributed by atoms with Crippen LogP contribution >= 0.6 is 0 Å². The maximum absolute atomic E-state index is 12.0. The molecule has 128 valence electrons. The van der Waals surface area contributed by atoms with Crippen LogP contribution in [0.15, 0.2) is 78.9 Å². The molecule has 0 saturated heterocycles. The minimum absolute atomic E-state index is 0.138. The standard InChI is InChI=1S/C21H17N3O2/c22-14-16-6-8-18(9-7-16)24-21(25)15-23-17-10-12-20(13-11-17)26-19-4-2-1-3-5-19/h1-13,23H,15H2,(H,24,25). The van der Waals surface area contributed by atoms with Crippen molar-refractivity contribution in [2.24, 2.45) is 0 Å². The first-order valence-corrected chi connectivity index (χ1v) is 8.10. The monoisotopic (exact) mass is 343 g/mol. The molecular weight excluding hydrogens is 326 g/mol. The summed E-state index contributed by atoms with van der Waals surface area (Å²) in [5.41, 5.74) is 2.03. The van der Waals surface area contributed by atoms with E-state index in [4.69, 9.17) is 10.00 Å². The van der Waals surface area contributed by atoms with E-state index in [1.165, 1.54) is 0 Å². The molecule has 3 aromatic rings. The summed E-state index contributed by atoms with van der Waals surface area (Å²) in [6.07, 6.45) is 0. The van der Waals surface area contributed by atoms with Gasteiger partial charge in [-0.25, -0.2) is 0 Å². The molecule has 0 heterocycles. The van der Waals surface area contributed by atoms with E-state index < -0.39 is 0 Å². The highest BCUT2D eigenvalue weighted by Crippen LogP contribution is 2.22. The van der Waals surface area contributed by atoms with Gasteiger partial charge in [-0.2, -0.15) is 5.26 Å². The second kappa shape index (κ2) is 8.36. The number of amides is 1. The van der Waals surface area contributed by atoms with Gasteiger partial charge in [-0.15, -0.1) is 0 Å². The lowest BCUT2D eigenvalue weighted by Gasteiger charge is -2.09. The van der Waals surface area contributed by atoms with E-state index in [0.29, 0.717) is 11.3 Å². The van der Waals surface area contributed by atoms with Gasteiger partial charge in [0.2, 0.25) is 5.91 Å². The Bertz CT molecular complexity index is 899. The number of rotatable bonds is 6. The molecule has 0 aliphatic rings. The number of ether oxygens (including phenoxy) is 1. The van der Waals surface area contributed by atoms with Gasteiger partial charge in [0, 0.05) is 11.4 Å². The Morgan fingerprint density at radius 1 is 0.846 bits per heavy atom. The number of hydrogen-bond donors (Lipinski definition) is 2. The third-order valence-corrected chi connectivity index (χ3v) is 3.58. The van der Waals surface area contributed by atoms with Crippen LogP contribution in [0.5, 0.6) is 11.5 Å². The quantitative estimate of drug-likeness (QED) is 0.695. The minimum atomic E-state index is -0.167. The van der Waals surface area contributed by atoms with E-state index in [9.17, 15) is 4.79 Å². The first kappa shape index (κ1) is 17.1. The molecule has 0 spiro atoms. The number of benzene rings is 3. The van der Waals surface area contributed by atoms with Crippen molar-refractivity contribution in [3.63, 3.8) is 0 Å². The summed E-state index contributed by atoms with van der Waals surface area (Å²) >= 11 is 0. The second-order valence-electron chi connectivity index (χ2n) is 5.53. The van der Waals surface area contributed by atoms with Gasteiger partial charge in [0.1, 0.15) is 11.5 Å². The highest BCUT2D eigenvalue weighted by Gasteiger charge is 2.03. The van der Waals surface area contributed by atoms with Crippen molar-refractivity contribution in [2.45, 2.75) is 0 Å². The number of nitriles is 1. The van der Waals surface area contributed by atoms with Gasteiger partial charge in [0.05, 0.1) is 18.2 Å². The first-order chi connectivity index (χ1) is 12.7. The molecule has 5 heteroatoms. The van der Waals surface area contributed by atoms with Crippen molar-refractivity contribution < 1.29 is 9.53 Å². The van der Waals surface area contributed by atoms with Crippen molar-refractivity contribution in [3.05, 3.63) is 84.4 Å². The van der Waals surface area contributed by atoms with Crippen LogP contribution in [0.2, 0.25) is 0 Å². The Morgan fingerprint density at radius 3 is 2.12 bits per heavy atom. The summed E-state index contributed by atoms with van der Waals surface area (Å²) in [7, 11) is 0. The SMILES string of the molecule is N#Cc1ccc(NC(=O)CNc2ccc(Oc3ccccc3)cc2)cc1. The fraction of sp³-hybridized carbons (Fsp3) is 0.0476. The van der Waals surface area contributed by atoms with Crippen LogP contribution in [0.25, 0.3) is 0 Å². The Kier molecular flexibility index (Phi) is 5.48. The lowest BCUT2D eigenvalue weighted by atomic mass is 10.2. The molecular formula is C21H17N3O2. The molecule has 0 radical (unpaired) electrons. The molecule has 0 unspecified atom stereocenters. The fourth-order valence-corrected chi connectivity index (χ4v) is 2.28. The lowest BCUT2D eigenvalue weighted by Crippen LogP contribution is -2.21. The summed E-state index contributed by atoms with van der Waals surface area (Å²) in [6, 6.07) is 25.7. The molecule has 3 aromatic carbocycles. The highest BCUT2D eigenvalue weighted by atomic mass is 16.5. The Labute approximate surface area is 151 Å². The average Bonchev–Trinajstić information content (AvgIpc) is 2.69. The lowest BCUT2D eigenvalue weighted by molar-refractivity contribution is -0.114. The zero-order chi connectivity index (χ0) is 18.2. The molecule has 0 atom stereocenters. The normalized spacial score (nSPS) is 9.81. The predicted octanol–water partition coefficient (Wildman–Crippen LogP) is 4.40. The van der Waals surface area contributed by atoms with Crippen molar-refractivity contribution in [1.82, 2.24) is 0 Å². The van der Waals surface area contributed by atoms with Crippen molar-refractivity contribution in [1.29, 1.82) is 5.26 Å². The Morgan fingerprint density at radius 2 is 1.46 bits per heavy atom. The maximum Gasteiger partial charge on any atom is 0.243 e. The van der Waals surface area contributed by atoms with E-state index in [2.05, 4.69) is 10.6 Å². The molecule has 0 bridgehead atoms. The van der Waals surface area contributed by atoms with Crippen LogP contribution < -0.4 is 15.4 Å². The molecule has 0 aliphatic heterocycles. The van der Waals surface area contributed by atoms with E-state index >= 15 is 0 Å². The second-order valence-corrected chi connectivity index (χ2v) is 5.53. The third-order valence-electron chi connectivity index (χ3n) is 3.58. The molecule has 0 aromatic heterocycles. The van der Waals surface area contributed by atoms with Crippen molar-refractivity contribution in [2.75, 3.05) is 17.2 Å². The number of anilines is 2. The van der Waals surface area contributed by atoms with Crippen LogP contribution in [0.4, 0.5) is 11.4 Å². The summed E-state index contributed by atoms with van der Waals surface area (Å²) in [5, 5.41) is 14.6. The van der Waals surface area contributed by atoms with Gasteiger partial charge in [-0.1, -0.05) is 18.2 Å². The average molecular weight is 343 g/mol. The molecule has 3 rings (SSSR count). The van der Waals surface area contributed by atoms with E-state index in [1.807, 2.05) is 60.7 Å². The molecule has 0 aliphatic carbocycles. The molecule has 5 nitrogen and oxygen atoms in total. The molecule has 2 N–H and O–H groups in total. The van der Waals surface area contributed by atoms with Gasteiger partial charge >= 0.3 is 0 Å². The Hall–Kier alpha value is -3.78. The van der Waals surface area contributed by atoms with E-state index in [0.717, 1.165) is 17.2 Å². The summed E-state index contributed by atoms with van der Waals surface area (Å²) < 4.78 is 5.73. The topological polar surface area (TPSA) is 74.2 Å². The molecule has 26 heavy (non-hydrogen) atoms. The highest BCUT2D eigenvalue weighted by molar-refractivity contribution is 5.93. The van der Waals surface area contributed by atoms with Gasteiger partial charge in [-0.3, -0.25) is 4.79 Å². The van der Waals surface area contributed by atoms with Crippen LogP contribution in [-0.2, 0) is 4.79 Å². The summed E-state index contributed by atoms with van der Waals surface area (Å²) in [4.78, 5) is 12.0. The minimum Gasteiger partial charge on any atom is -0.457 e. The van der Waals surface area contributed by atoms with Crippen molar-refractivity contribution in [3.8, 4) is 17.6 Å². The van der Waals surface area contributed by atoms with Crippen LogP contribution in [0.1, 0.15) is 5.56 Å². The van der Waals surface area contributed by atoms with Crippen LogP contribution in [-0.4, -0.2) is 12.5 Å². The zero-order valence-corrected chi connectivity index (χ0v) is 14.0. The number of nitrogens with one attached hydrogen (secondary N) is 2. The van der Waals surface area contributed by atoms with Crippen LogP contribution in [0.3, 0.4) is 0 Å². The smallest absolute Gasteiger partial charge is 0.243 e. The maximum atomic E-state index is 12.0. The first-order valence-electron chi connectivity index (χ1n) is 8.10. The molecule has 0 saturated carbocycles. The zero-order valence-electron chi connectivity index (χ0n) is 14.0. The summed E-state index contributed by atoms with van der Waals surface area (Å²) in [6.45, 7) is 0.138. The molecule has 0 fully saturated rings. The van der Waals surface area contributed by atoms with E-state index in [1.54, 1.807) is 24.3 Å². The number of carbonyl (C=O) groups is 1. The summed E-state index contributed by atoms with van der Waals surface area (Å²) in [5.74, 6) is 1.33. The number of hydrogen-bond acceptors (Lipinski definition) is 4. The molecule has 1 amide bonds. The largest absolute Gasteiger partial charge is 0.457 e. The predicted molar refractivity (Wildman–Crippen MR) is 101 cm³/mol. The fourth-order valence-electron chi connectivity index (χ4n) is 2.28.